The van der Waals surface area contributed by atoms with Crippen molar-refractivity contribution in [3.05, 3.63) is 142 Å². The summed E-state index contributed by atoms with van der Waals surface area (Å²) >= 11 is 0. The Bertz CT molecular complexity index is 1490. The molecule has 0 saturated heterocycles. The van der Waals surface area contributed by atoms with E-state index in [0.29, 0.717) is 22.3 Å². The lowest BCUT2D eigenvalue weighted by Gasteiger charge is -2.38. The van der Waals surface area contributed by atoms with E-state index in [9.17, 15) is 52.7 Å². The van der Waals surface area contributed by atoms with Gasteiger partial charge < -0.3 is 0 Å². The zero-order valence-electron chi connectivity index (χ0n) is 32.8. The summed E-state index contributed by atoms with van der Waals surface area (Å²) in [6.45, 7) is 22.1. The van der Waals surface area contributed by atoms with Crippen LogP contribution in [0.5, 0.6) is 0 Å². The summed E-state index contributed by atoms with van der Waals surface area (Å²) in [5.41, 5.74) is -9.64. The van der Waals surface area contributed by atoms with Gasteiger partial charge >= 0.3 is 24.7 Å². The van der Waals surface area contributed by atoms with Gasteiger partial charge in [0.1, 0.15) is 0 Å². The third kappa shape index (κ3) is 11.5. The lowest BCUT2D eigenvalue weighted by molar-refractivity contribution is -0.290. The second-order valence-electron chi connectivity index (χ2n) is 11.0. The molecule has 54 heavy (non-hydrogen) atoms. The van der Waals surface area contributed by atoms with Crippen molar-refractivity contribution in [2.75, 3.05) is 0 Å². The molecule has 0 atom stereocenters. The second-order valence-corrected chi connectivity index (χ2v) is 11.0. The van der Waals surface area contributed by atoms with E-state index in [1.807, 2.05) is 55.4 Å². The molecule has 0 aliphatic rings. The van der Waals surface area contributed by atoms with Crippen LogP contribution >= 0.6 is 0 Å². The van der Waals surface area contributed by atoms with Crippen molar-refractivity contribution in [3.63, 3.8) is 0 Å². The van der Waals surface area contributed by atoms with E-state index >= 15 is 0 Å². The maximum atomic E-state index is 13.8. The first-order valence-electron chi connectivity index (χ1n) is 17.6. The molecular weight excluding hydrogens is 732 g/mol. The van der Waals surface area contributed by atoms with E-state index in [2.05, 4.69) is 0 Å². The van der Waals surface area contributed by atoms with Gasteiger partial charge in [0.15, 0.2) is 0 Å². The quantitative estimate of drug-likeness (QED) is 0.181. The minimum Gasteiger partial charge on any atom is -0.169 e. The first-order chi connectivity index (χ1) is 25.0. The van der Waals surface area contributed by atoms with Gasteiger partial charge in [-0.1, -0.05) is 175 Å². The van der Waals surface area contributed by atoms with Crippen LogP contribution in [0.4, 0.5) is 52.7 Å². The summed E-state index contributed by atoms with van der Waals surface area (Å²) in [7, 11) is 0. The first kappa shape index (κ1) is 52.1. The topological polar surface area (TPSA) is 0 Å². The van der Waals surface area contributed by atoms with E-state index in [-0.39, 0.29) is 0 Å². The highest BCUT2D eigenvalue weighted by atomic mass is 19.4. The Labute approximate surface area is 312 Å². The molecule has 0 N–H and O–H groups in total. The monoisotopic (exact) mass is 784 g/mol. The normalized spacial score (nSPS) is 11.7. The molecule has 4 aromatic rings. The summed E-state index contributed by atoms with van der Waals surface area (Å²) in [6, 6.07) is 17.4. The number of halogens is 12. The van der Waals surface area contributed by atoms with Crippen LogP contribution in [-0.4, -0.2) is 24.7 Å². The van der Waals surface area contributed by atoms with Crippen molar-refractivity contribution in [3.8, 4) is 0 Å². The van der Waals surface area contributed by atoms with E-state index in [4.69, 9.17) is 0 Å². The molecule has 0 aromatic heterocycles. The predicted molar refractivity (Wildman–Crippen MR) is 196 cm³/mol. The van der Waals surface area contributed by atoms with Crippen molar-refractivity contribution in [1.82, 2.24) is 0 Å². The van der Waals surface area contributed by atoms with Crippen LogP contribution < -0.4 is 0 Å². The van der Waals surface area contributed by atoms with Crippen molar-refractivity contribution < 1.29 is 52.7 Å². The Hall–Kier alpha value is -3.96. The molecule has 0 unspecified atom stereocenters. The number of hydrogen-bond donors (Lipinski definition) is 0. The van der Waals surface area contributed by atoms with Gasteiger partial charge in [-0.3, -0.25) is 0 Å². The van der Waals surface area contributed by atoms with Crippen molar-refractivity contribution >= 4 is 0 Å². The summed E-state index contributed by atoms with van der Waals surface area (Å²) in [6.07, 6.45) is -22.1. The average molecular weight is 785 g/mol. The van der Waals surface area contributed by atoms with Gasteiger partial charge in [-0.15, -0.1) is 0 Å². The lowest BCUT2D eigenvalue weighted by atomic mass is 9.72. The molecule has 0 nitrogen and oxygen atoms in total. The fourth-order valence-electron chi connectivity index (χ4n) is 5.33. The number of benzene rings is 4. The SMILES string of the molecule is CC.CC.CC.CC.Cc1ccc(C(c2ccc(C)cc2)(C(F)(F)F)C(F)(F)F)cc1.Cc1cccc(C(c2cccc(C)c2)(C(F)(F)F)C(F)(F)F)c1. The largest absolute Gasteiger partial charge is 0.411 e. The van der Waals surface area contributed by atoms with Crippen molar-refractivity contribution in [1.29, 1.82) is 0 Å². The fourth-order valence-corrected chi connectivity index (χ4v) is 5.33. The molecule has 0 amide bonds. The molecule has 0 aliphatic heterocycles. The van der Waals surface area contributed by atoms with Gasteiger partial charge in [0, 0.05) is 0 Å². The minimum absolute atomic E-state index is 0.327. The van der Waals surface area contributed by atoms with Gasteiger partial charge in [0.25, 0.3) is 0 Å². The zero-order chi connectivity index (χ0) is 42.9. The van der Waals surface area contributed by atoms with E-state index in [1.54, 1.807) is 13.8 Å². The molecule has 304 valence electrons. The van der Waals surface area contributed by atoms with Gasteiger partial charge in [0.2, 0.25) is 10.8 Å². The molecule has 4 aromatic carbocycles. The number of rotatable bonds is 4. The molecule has 12 heteroatoms. The lowest BCUT2D eigenvalue weighted by Crippen LogP contribution is -2.54. The highest BCUT2D eigenvalue weighted by Gasteiger charge is 2.73. The highest BCUT2D eigenvalue weighted by Crippen LogP contribution is 2.57. The van der Waals surface area contributed by atoms with E-state index in [1.165, 1.54) is 62.4 Å². The Morgan fingerprint density at radius 1 is 0.278 bits per heavy atom. The second kappa shape index (κ2) is 21.8. The molecule has 0 heterocycles. The molecule has 0 spiro atoms. The minimum atomic E-state index is -5.53. The Morgan fingerprint density at radius 2 is 0.500 bits per heavy atom. The van der Waals surface area contributed by atoms with E-state index < -0.39 is 57.8 Å². The van der Waals surface area contributed by atoms with Gasteiger partial charge in [-0.05, 0) is 49.9 Å². The third-order valence-electron chi connectivity index (χ3n) is 7.57. The summed E-state index contributed by atoms with van der Waals surface area (Å²) in [5.74, 6) is 0. The Kier molecular flexibility index (Phi) is 21.1. The van der Waals surface area contributed by atoms with Crippen molar-refractivity contribution in [2.45, 2.75) is 119 Å². The molecule has 0 aliphatic carbocycles. The Balaban J connectivity index is 0. The molecule has 0 fully saturated rings. The van der Waals surface area contributed by atoms with Gasteiger partial charge in [0.05, 0.1) is 0 Å². The smallest absolute Gasteiger partial charge is 0.169 e. The van der Waals surface area contributed by atoms with Crippen LogP contribution in [-0.2, 0) is 10.8 Å². The third-order valence-corrected chi connectivity index (χ3v) is 7.57. The molecule has 0 saturated carbocycles. The number of aryl methyl sites for hydroxylation is 4. The highest BCUT2D eigenvalue weighted by molar-refractivity contribution is 5.47. The average Bonchev–Trinajstić information content (AvgIpc) is 3.08. The maximum absolute atomic E-state index is 13.8. The predicted octanol–water partition coefficient (Wildman–Crippen LogP) is 15.5. The van der Waals surface area contributed by atoms with Crippen LogP contribution in [0, 0.1) is 27.7 Å². The van der Waals surface area contributed by atoms with Crippen LogP contribution in [0.25, 0.3) is 0 Å². The van der Waals surface area contributed by atoms with Crippen LogP contribution in [0.2, 0.25) is 0 Å². The zero-order valence-corrected chi connectivity index (χ0v) is 32.8. The molecular formula is C42H52F12. The summed E-state index contributed by atoms with van der Waals surface area (Å²) < 4.78 is 165. The maximum Gasteiger partial charge on any atom is 0.411 e. The molecule has 4 rings (SSSR count). The summed E-state index contributed by atoms with van der Waals surface area (Å²) in [4.78, 5) is 0. The molecule has 0 bridgehead atoms. The number of alkyl halides is 12. The Morgan fingerprint density at radius 3 is 0.704 bits per heavy atom. The molecule has 0 radical (unpaired) electrons. The van der Waals surface area contributed by atoms with Crippen LogP contribution in [0.3, 0.4) is 0 Å². The van der Waals surface area contributed by atoms with Crippen LogP contribution in [0.1, 0.15) is 99.9 Å². The fraction of sp³-hybridized carbons (Fsp3) is 0.429. The van der Waals surface area contributed by atoms with Crippen molar-refractivity contribution in [2.24, 2.45) is 0 Å². The summed E-state index contributed by atoms with van der Waals surface area (Å²) in [5, 5.41) is 0. The van der Waals surface area contributed by atoms with E-state index in [0.717, 1.165) is 48.5 Å². The standard InChI is InChI=1S/2C17H14F6.4C2H6/c1-11-3-7-13(8-4-11)15(16(18,19)20,17(21,22)23)14-9-5-12(2)6-10-14;1-11-5-3-7-13(9-11)15(16(18,19)20,17(21,22)23)14-8-4-6-12(2)10-14;4*1-2/h2*3-10H,1-2H3;4*1-2H3. The first-order valence-corrected chi connectivity index (χ1v) is 17.6. The van der Waals surface area contributed by atoms with Gasteiger partial charge in [-0.2, -0.15) is 52.7 Å². The van der Waals surface area contributed by atoms with Crippen LogP contribution in [0.15, 0.2) is 97.1 Å². The van der Waals surface area contributed by atoms with Gasteiger partial charge in [-0.25, -0.2) is 0 Å². The number of hydrogen-bond acceptors (Lipinski definition) is 0.